The summed E-state index contributed by atoms with van der Waals surface area (Å²) in [5, 5.41) is 4.81. The third kappa shape index (κ3) is 2.72. The van der Waals surface area contributed by atoms with Gasteiger partial charge in [-0.05, 0) is 40.8 Å². The molecule has 0 spiro atoms. The highest BCUT2D eigenvalue weighted by molar-refractivity contribution is 14.1. The van der Waals surface area contributed by atoms with Gasteiger partial charge in [-0.1, -0.05) is 11.6 Å². The van der Waals surface area contributed by atoms with Crippen molar-refractivity contribution in [3.05, 3.63) is 43.4 Å². The first-order valence-corrected chi connectivity index (χ1v) is 6.66. The second-order valence-electron chi connectivity index (χ2n) is 2.94. The van der Waals surface area contributed by atoms with Crippen molar-refractivity contribution in [1.82, 2.24) is 4.98 Å². The fraction of sp³-hybridized carbons (Fsp3) is 0. The van der Waals surface area contributed by atoms with Gasteiger partial charge in [0.15, 0.2) is 5.15 Å². The zero-order valence-electron chi connectivity index (χ0n) is 7.91. The molecule has 0 aromatic carbocycles. The maximum atomic E-state index is 11.8. The number of nitrogens with zero attached hydrogens (tertiary/aromatic N) is 1. The predicted octanol–water partition coefficient (Wildman–Crippen LogP) is 3.65. The van der Waals surface area contributed by atoms with Crippen LogP contribution in [0.5, 0.6) is 0 Å². The van der Waals surface area contributed by atoms with Crippen LogP contribution < -0.4 is 5.32 Å². The van der Waals surface area contributed by atoms with E-state index in [4.69, 9.17) is 11.6 Å². The molecule has 82 valence electrons. The molecular formula is C10H6ClIN2OS. The van der Waals surface area contributed by atoms with E-state index in [-0.39, 0.29) is 5.91 Å². The van der Waals surface area contributed by atoms with Crippen LogP contribution in [0.2, 0.25) is 5.15 Å². The zero-order chi connectivity index (χ0) is 11.5. The van der Waals surface area contributed by atoms with Crippen molar-refractivity contribution < 1.29 is 4.79 Å². The Labute approximate surface area is 115 Å². The molecule has 0 saturated heterocycles. The lowest BCUT2D eigenvalue weighted by atomic mass is 10.3. The lowest BCUT2D eigenvalue weighted by Crippen LogP contribution is -2.11. The molecule has 0 saturated carbocycles. The molecular weight excluding hydrogens is 359 g/mol. The summed E-state index contributed by atoms with van der Waals surface area (Å²) in [7, 11) is 0. The van der Waals surface area contributed by atoms with Crippen LogP contribution in [0.15, 0.2) is 29.8 Å². The molecule has 2 aromatic rings. The van der Waals surface area contributed by atoms with Crippen LogP contribution in [0.1, 0.15) is 10.4 Å². The van der Waals surface area contributed by atoms with Crippen LogP contribution in [-0.2, 0) is 0 Å². The zero-order valence-corrected chi connectivity index (χ0v) is 11.6. The quantitative estimate of drug-likeness (QED) is 0.653. The Morgan fingerprint density at radius 2 is 2.38 bits per heavy atom. The van der Waals surface area contributed by atoms with Crippen LogP contribution in [0.25, 0.3) is 0 Å². The Bertz CT molecular complexity index is 529. The van der Waals surface area contributed by atoms with E-state index in [0.29, 0.717) is 16.4 Å². The van der Waals surface area contributed by atoms with Gasteiger partial charge in [-0.15, -0.1) is 11.3 Å². The smallest absolute Gasteiger partial charge is 0.256 e. The molecule has 0 atom stereocenters. The van der Waals surface area contributed by atoms with Crippen molar-refractivity contribution in [2.45, 2.75) is 0 Å². The number of rotatable bonds is 2. The van der Waals surface area contributed by atoms with Crippen LogP contribution in [0.4, 0.5) is 5.69 Å². The number of thiophene rings is 1. The molecule has 16 heavy (non-hydrogen) atoms. The maximum Gasteiger partial charge on any atom is 0.256 e. The normalized spacial score (nSPS) is 10.1. The van der Waals surface area contributed by atoms with E-state index in [1.807, 2.05) is 6.07 Å². The SMILES string of the molecule is O=C(Nc1cccnc1Cl)c1csc(I)c1. The molecule has 1 amide bonds. The topological polar surface area (TPSA) is 42.0 Å². The summed E-state index contributed by atoms with van der Waals surface area (Å²) in [5.41, 5.74) is 1.16. The lowest BCUT2D eigenvalue weighted by Gasteiger charge is -2.04. The highest BCUT2D eigenvalue weighted by Gasteiger charge is 2.10. The van der Waals surface area contributed by atoms with Gasteiger partial charge in [-0.2, -0.15) is 0 Å². The van der Waals surface area contributed by atoms with Crippen molar-refractivity contribution in [3.63, 3.8) is 0 Å². The van der Waals surface area contributed by atoms with Crippen LogP contribution in [-0.4, -0.2) is 10.9 Å². The third-order valence-electron chi connectivity index (χ3n) is 1.84. The highest BCUT2D eigenvalue weighted by Crippen LogP contribution is 2.21. The first-order valence-electron chi connectivity index (χ1n) is 4.33. The highest BCUT2D eigenvalue weighted by atomic mass is 127. The largest absolute Gasteiger partial charge is 0.319 e. The van der Waals surface area contributed by atoms with Gasteiger partial charge in [0.1, 0.15) is 0 Å². The molecule has 0 aliphatic carbocycles. The number of halogens is 2. The molecule has 0 bridgehead atoms. The summed E-state index contributed by atoms with van der Waals surface area (Å²) in [5.74, 6) is -0.172. The van der Waals surface area contributed by atoms with Gasteiger partial charge in [-0.25, -0.2) is 4.98 Å². The van der Waals surface area contributed by atoms with Gasteiger partial charge in [0.2, 0.25) is 0 Å². The molecule has 0 fully saturated rings. The molecule has 3 nitrogen and oxygen atoms in total. The lowest BCUT2D eigenvalue weighted by molar-refractivity contribution is 0.102. The van der Waals surface area contributed by atoms with E-state index in [1.54, 1.807) is 23.7 Å². The molecule has 0 radical (unpaired) electrons. The molecule has 2 rings (SSSR count). The van der Waals surface area contributed by atoms with Crippen LogP contribution >= 0.6 is 45.5 Å². The minimum Gasteiger partial charge on any atom is -0.319 e. The maximum absolute atomic E-state index is 11.8. The van der Waals surface area contributed by atoms with E-state index in [2.05, 4.69) is 32.9 Å². The standard InChI is InChI=1S/C10H6ClIN2OS/c11-9-7(2-1-3-13-9)14-10(15)6-4-8(12)16-5-6/h1-5H,(H,14,15). The fourth-order valence-electron chi connectivity index (χ4n) is 1.10. The Morgan fingerprint density at radius 1 is 1.56 bits per heavy atom. The third-order valence-corrected chi connectivity index (χ3v) is 3.93. The Morgan fingerprint density at radius 3 is 3.00 bits per heavy atom. The second-order valence-corrected chi connectivity index (χ2v) is 6.10. The summed E-state index contributed by atoms with van der Waals surface area (Å²) in [6.07, 6.45) is 1.57. The van der Waals surface area contributed by atoms with Gasteiger partial charge in [0, 0.05) is 11.6 Å². The van der Waals surface area contributed by atoms with Gasteiger partial charge in [0.25, 0.3) is 5.91 Å². The van der Waals surface area contributed by atoms with Gasteiger partial charge in [-0.3, -0.25) is 4.79 Å². The summed E-state index contributed by atoms with van der Waals surface area (Å²) in [6.45, 7) is 0. The summed E-state index contributed by atoms with van der Waals surface area (Å²) < 4.78 is 1.07. The van der Waals surface area contributed by atoms with Crippen molar-refractivity contribution in [2.75, 3.05) is 5.32 Å². The molecule has 0 unspecified atom stereocenters. The number of amides is 1. The van der Waals surface area contributed by atoms with Gasteiger partial charge < -0.3 is 5.32 Å². The number of pyridine rings is 1. The summed E-state index contributed by atoms with van der Waals surface area (Å²) in [6, 6.07) is 5.26. The Kier molecular flexibility index (Phi) is 3.78. The second kappa shape index (κ2) is 5.11. The van der Waals surface area contributed by atoms with E-state index >= 15 is 0 Å². The van der Waals surface area contributed by atoms with Crippen LogP contribution in [0.3, 0.4) is 0 Å². The van der Waals surface area contributed by atoms with Crippen molar-refractivity contribution in [1.29, 1.82) is 0 Å². The number of aromatic nitrogens is 1. The molecule has 6 heteroatoms. The van der Waals surface area contributed by atoms with E-state index < -0.39 is 0 Å². The number of carbonyl (C=O) groups is 1. The minimum absolute atomic E-state index is 0.172. The van der Waals surface area contributed by atoms with E-state index in [9.17, 15) is 4.79 Å². The van der Waals surface area contributed by atoms with Gasteiger partial charge >= 0.3 is 0 Å². The molecule has 1 N–H and O–H groups in total. The summed E-state index contributed by atoms with van der Waals surface area (Å²) >= 11 is 9.53. The predicted molar refractivity (Wildman–Crippen MR) is 74.2 cm³/mol. The summed E-state index contributed by atoms with van der Waals surface area (Å²) in [4.78, 5) is 15.7. The number of hydrogen-bond donors (Lipinski definition) is 1. The van der Waals surface area contributed by atoms with E-state index in [0.717, 1.165) is 2.88 Å². The molecule has 2 aromatic heterocycles. The number of carbonyl (C=O) groups excluding carboxylic acids is 1. The van der Waals surface area contributed by atoms with Crippen molar-refractivity contribution in [3.8, 4) is 0 Å². The number of nitrogens with one attached hydrogen (secondary N) is 1. The molecule has 0 aliphatic rings. The first kappa shape index (κ1) is 11.8. The fourth-order valence-corrected chi connectivity index (χ4v) is 2.60. The van der Waals surface area contributed by atoms with E-state index in [1.165, 1.54) is 11.3 Å². The van der Waals surface area contributed by atoms with Crippen molar-refractivity contribution in [2.24, 2.45) is 0 Å². The van der Waals surface area contributed by atoms with Gasteiger partial charge in [0.05, 0.1) is 14.1 Å². The first-order chi connectivity index (χ1) is 7.66. The Balaban J connectivity index is 2.17. The molecule has 0 aliphatic heterocycles. The molecule has 2 heterocycles. The minimum atomic E-state index is -0.172. The monoisotopic (exact) mass is 364 g/mol. The number of anilines is 1. The average Bonchev–Trinajstić information content (AvgIpc) is 2.68. The van der Waals surface area contributed by atoms with Crippen molar-refractivity contribution >= 4 is 57.1 Å². The Hall–Kier alpha value is -0.660. The average molecular weight is 365 g/mol. The van der Waals surface area contributed by atoms with Crippen LogP contribution in [0, 0.1) is 2.88 Å². The number of hydrogen-bond acceptors (Lipinski definition) is 3.